The molecule has 0 bridgehead atoms. The predicted molar refractivity (Wildman–Crippen MR) is 365 cm³/mol. The molecule has 0 saturated heterocycles. The van der Waals surface area contributed by atoms with Crippen molar-refractivity contribution in [2.45, 2.75) is 123 Å². The molecule has 12 aromatic rings. The van der Waals surface area contributed by atoms with Gasteiger partial charge in [0.05, 0.1) is 22.1 Å². The topological polar surface area (TPSA) is 8.17 Å². The van der Waals surface area contributed by atoms with Crippen molar-refractivity contribution in [1.82, 2.24) is 4.57 Å². The van der Waals surface area contributed by atoms with E-state index in [4.69, 9.17) is 0 Å². The van der Waals surface area contributed by atoms with Crippen LogP contribution in [-0.4, -0.2) is 11.3 Å². The molecule has 4 heterocycles. The van der Waals surface area contributed by atoms with E-state index in [0.29, 0.717) is 0 Å². The number of hydrogen-bond acceptors (Lipinski definition) is 2. The first-order chi connectivity index (χ1) is 40.6. The van der Waals surface area contributed by atoms with Gasteiger partial charge in [0.1, 0.15) is 0 Å². The second-order valence-corrected chi connectivity index (χ2v) is 30.4. The van der Waals surface area contributed by atoms with Crippen molar-refractivity contribution in [2.75, 3.05) is 4.90 Å². The maximum absolute atomic E-state index is 2.79. The van der Waals surface area contributed by atoms with Crippen LogP contribution in [-0.2, 0) is 27.1 Å². The average Bonchev–Trinajstić information content (AvgIpc) is 1.54. The minimum Gasteiger partial charge on any atom is -0.310 e. The van der Waals surface area contributed by atoms with Crippen LogP contribution in [0.5, 0.6) is 0 Å². The van der Waals surface area contributed by atoms with E-state index in [-0.39, 0.29) is 34.3 Å². The Morgan fingerprint density at radius 3 is 1.61 bits per heavy atom. The number of rotatable bonds is 3. The molecule has 2 aliphatic heterocycles. The number of hydrogen-bond donors (Lipinski definition) is 0. The number of aromatic nitrogens is 1. The molecule has 0 N–H and O–H groups in total. The molecule has 2 atom stereocenters. The highest BCUT2D eigenvalue weighted by Crippen LogP contribution is 2.67. The molecule has 0 fully saturated rings. The lowest BCUT2D eigenvalue weighted by molar-refractivity contribution is 0.566. The third kappa shape index (κ3) is 7.37. The largest absolute Gasteiger partial charge is 0.310 e. The first kappa shape index (κ1) is 52.4. The summed E-state index contributed by atoms with van der Waals surface area (Å²) in [6.45, 7) is 31.0. The summed E-state index contributed by atoms with van der Waals surface area (Å²) in [7, 11) is 0. The van der Waals surface area contributed by atoms with Gasteiger partial charge in [0.2, 0.25) is 0 Å². The molecular weight excluding hydrogens is 1040 g/mol. The predicted octanol–water partition coefficient (Wildman–Crippen LogP) is 19.6. The van der Waals surface area contributed by atoms with Crippen molar-refractivity contribution in [2.24, 2.45) is 0 Å². The summed E-state index contributed by atoms with van der Waals surface area (Å²) in [6, 6.07) is 78.9. The minimum absolute atomic E-state index is 0.0180. The van der Waals surface area contributed by atoms with Gasteiger partial charge >= 0.3 is 0 Å². The molecule has 0 radical (unpaired) electrons. The zero-order valence-corrected chi connectivity index (χ0v) is 52.3. The minimum atomic E-state index is -0.602. The Morgan fingerprint density at radius 1 is 0.459 bits per heavy atom. The molecule has 0 amide bonds. The van der Waals surface area contributed by atoms with Crippen LogP contribution in [0.25, 0.3) is 60.5 Å². The van der Waals surface area contributed by atoms with Crippen LogP contribution in [0.1, 0.15) is 155 Å². The Morgan fingerprint density at radius 2 is 0.988 bits per heavy atom. The van der Waals surface area contributed by atoms with Crippen molar-refractivity contribution in [3.8, 4) is 27.9 Å². The van der Waals surface area contributed by atoms with Crippen molar-refractivity contribution < 1.29 is 0 Å². The standard InChI is InChI=1S/C81H73BN2S/c1-47-38-62-70(49-40-50(77(2,3)4)42-51(41-49)78(5,6)7)71-56-25-15-14-24-48(56)34-37-66(71)82-73(62)69(39-47)84(55-44-52(79(8,9)10)43-53(45-55)80(11,12)13)74-72-61-29-17-21-31-64(61)81(75(72)85-76(74)82)63-30-20-16-26-57(63)58-36-35-54(46-65(58)81)83-67-32-22-18-27-59(67)60-28-19-23-33-68(60)83/h14-46,70H,1-13H3. The molecule has 85 heavy (non-hydrogen) atoms. The van der Waals surface area contributed by atoms with E-state index in [1.807, 2.05) is 0 Å². The lowest BCUT2D eigenvalue weighted by Crippen LogP contribution is -2.61. The monoisotopic (exact) mass is 1120 g/mol. The Balaban J connectivity index is 1.06. The lowest BCUT2D eigenvalue weighted by atomic mass is 9.33. The van der Waals surface area contributed by atoms with Crippen LogP contribution in [0.3, 0.4) is 0 Å². The fourth-order valence-electron chi connectivity index (χ4n) is 15.7. The summed E-state index contributed by atoms with van der Waals surface area (Å²) in [4.78, 5) is 4.21. The van der Waals surface area contributed by atoms with E-state index >= 15 is 0 Å². The number of aryl methyl sites for hydroxylation is 1. The Labute approximate surface area is 506 Å². The van der Waals surface area contributed by atoms with Gasteiger partial charge in [-0.25, -0.2) is 0 Å². The van der Waals surface area contributed by atoms with Crippen LogP contribution < -0.4 is 20.6 Å². The number of nitrogens with zero attached hydrogens (tertiary/aromatic N) is 2. The van der Waals surface area contributed by atoms with Crippen molar-refractivity contribution in [3.63, 3.8) is 0 Å². The van der Waals surface area contributed by atoms with E-state index in [0.717, 1.165) is 0 Å². The maximum atomic E-state index is 2.79. The van der Waals surface area contributed by atoms with Gasteiger partial charge in [0.25, 0.3) is 6.71 Å². The van der Waals surface area contributed by atoms with Gasteiger partial charge in [0.15, 0.2) is 0 Å². The average molecular weight is 1120 g/mol. The third-order valence-electron chi connectivity index (χ3n) is 19.9. The summed E-state index contributed by atoms with van der Waals surface area (Å²) in [6.07, 6.45) is 0. The number of para-hydroxylation sites is 2. The van der Waals surface area contributed by atoms with Crippen molar-refractivity contribution in [1.29, 1.82) is 0 Å². The molecule has 10 aromatic carbocycles. The van der Waals surface area contributed by atoms with Crippen molar-refractivity contribution >= 4 is 83.4 Å². The summed E-state index contributed by atoms with van der Waals surface area (Å²) in [5.41, 5.74) is 29.8. The van der Waals surface area contributed by atoms with E-state index < -0.39 is 5.41 Å². The van der Waals surface area contributed by atoms with Gasteiger partial charge in [-0.15, -0.1) is 11.3 Å². The zero-order chi connectivity index (χ0) is 58.6. The van der Waals surface area contributed by atoms with Crippen LogP contribution >= 0.6 is 11.3 Å². The fourth-order valence-corrected chi connectivity index (χ4v) is 17.4. The SMILES string of the molecule is Cc1cc2c3c(c1)N(c1cc(C(C)(C)C)cc(C(C)(C)C)c1)c1c(sc4c1-c1ccccc1C41c4ccccc4-c4ccc(-n5c6ccccc6c6ccccc65)cc41)B3c1ccc3ccccc3c1C2c1cc(C(C)(C)C)cc(C(C)(C)C)c1. The van der Waals surface area contributed by atoms with Gasteiger partial charge in [-0.1, -0.05) is 246 Å². The molecule has 16 rings (SSSR count). The van der Waals surface area contributed by atoms with Gasteiger partial charge < -0.3 is 9.47 Å². The van der Waals surface area contributed by atoms with Crippen LogP contribution in [0.2, 0.25) is 0 Å². The molecule has 2 aliphatic carbocycles. The highest BCUT2D eigenvalue weighted by molar-refractivity contribution is 7.29. The Hall–Kier alpha value is -8.18. The van der Waals surface area contributed by atoms with E-state index in [9.17, 15) is 0 Å². The quantitative estimate of drug-likeness (QED) is 0.160. The molecular formula is C81H73BN2S. The number of benzene rings is 10. The number of fused-ring (bicyclic) bond motifs is 20. The summed E-state index contributed by atoms with van der Waals surface area (Å²) in [5, 5.41) is 5.18. The summed E-state index contributed by atoms with van der Waals surface area (Å²) < 4.78 is 3.94. The molecule has 4 heteroatoms. The Kier molecular flexibility index (Phi) is 10.9. The van der Waals surface area contributed by atoms with E-state index in [1.165, 1.54) is 159 Å². The molecule has 416 valence electrons. The second kappa shape index (κ2) is 17.7. The summed E-state index contributed by atoms with van der Waals surface area (Å²) in [5.74, 6) is -0.0180. The molecule has 2 nitrogen and oxygen atoms in total. The number of anilines is 3. The van der Waals surface area contributed by atoms with Gasteiger partial charge in [-0.05, 0) is 165 Å². The van der Waals surface area contributed by atoms with Crippen molar-refractivity contribution in [3.05, 3.63) is 266 Å². The summed E-state index contributed by atoms with van der Waals surface area (Å²) >= 11 is 2.10. The number of thiophene rings is 1. The molecule has 1 spiro atoms. The highest BCUT2D eigenvalue weighted by Gasteiger charge is 2.57. The maximum Gasteiger partial charge on any atom is 0.260 e. The first-order valence-electron chi connectivity index (χ1n) is 30.9. The van der Waals surface area contributed by atoms with Gasteiger partial charge in [-0.3, -0.25) is 0 Å². The first-order valence-corrected chi connectivity index (χ1v) is 31.7. The zero-order valence-electron chi connectivity index (χ0n) is 51.5. The second-order valence-electron chi connectivity index (χ2n) is 29.4. The smallest absolute Gasteiger partial charge is 0.260 e. The van der Waals surface area contributed by atoms with Gasteiger partial charge in [0, 0.05) is 49.0 Å². The highest BCUT2D eigenvalue weighted by atomic mass is 32.1. The van der Waals surface area contributed by atoms with Crippen LogP contribution in [0.15, 0.2) is 200 Å². The normalized spacial score (nSPS) is 16.6. The van der Waals surface area contributed by atoms with Gasteiger partial charge in [-0.2, -0.15) is 0 Å². The third-order valence-corrected chi connectivity index (χ3v) is 21.3. The molecule has 2 unspecified atom stereocenters. The van der Waals surface area contributed by atoms with E-state index in [1.54, 1.807) is 0 Å². The Bertz CT molecular complexity index is 4740. The molecule has 2 aromatic heterocycles. The van der Waals surface area contributed by atoms with Crippen LogP contribution in [0.4, 0.5) is 17.1 Å². The molecule has 4 aliphatic rings. The fraction of sp³-hybridized carbons (Fsp3) is 0.235. The lowest BCUT2D eigenvalue weighted by Gasteiger charge is -2.43. The molecule has 0 saturated carbocycles. The van der Waals surface area contributed by atoms with Crippen LogP contribution in [0, 0.1) is 6.92 Å². The van der Waals surface area contributed by atoms with E-state index in [2.05, 4.69) is 311 Å².